The lowest BCUT2D eigenvalue weighted by Gasteiger charge is -2.07. The second kappa shape index (κ2) is 5.39. The molecule has 1 N–H and O–H groups in total. The summed E-state index contributed by atoms with van der Waals surface area (Å²) < 4.78 is 15.5. The Morgan fingerprint density at radius 3 is 2.71 bits per heavy atom. The van der Waals surface area contributed by atoms with Gasteiger partial charge >= 0.3 is 0 Å². The number of nitriles is 1. The number of fused-ring (bicyclic) bond motifs is 1. The van der Waals surface area contributed by atoms with E-state index < -0.39 is 5.82 Å². The molecule has 104 valence electrons. The molecule has 0 aliphatic rings. The highest BCUT2D eigenvalue weighted by molar-refractivity contribution is 5.81. The topological polar surface area (TPSA) is 49.0 Å². The van der Waals surface area contributed by atoms with Gasteiger partial charge in [-0.05, 0) is 52.9 Å². The maximum atomic E-state index is 13.5. The molecule has 3 aromatic rings. The van der Waals surface area contributed by atoms with Gasteiger partial charge < -0.3 is 9.67 Å². The van der Waals surface area contributed by atoms with E-state index in [9.17, 15) is 4.39 Å². The molecule has 0 unspecified atom stereocenters. The van der Waals surface area contributed by atoms with Gasteiger partial charge in [0.1, 0.15) is 5.82 Å². The number of aliphatic hydroxyl groups excluding tert-OH is 1. The third-order valence-electron chi connectivity index (χ3n) is 3.46. The van der Waals surface area contributed by atoms with Crippen molar-refractivity contribution in [2.45, 2.75) is 13.2 Å². The van der Waals surface area contributed by atoms with Gasteiger partial charge in [-0.3, -0.25) is 0 Å². The van der Waals surface area contributed by atoms with Crippen LogP contribution in [0.25, 0.3) is 10.9 Å². The summed E-state index contributed by atoms with van der Waals surface area (Å²) in [6.07, 6.45) is 1.92. The molecule has 0 aliphatic carbocycles. The van der Waals surface area contributed by atoms with Gasteiger partial charge in [-0.25, -0.2) is 4.39 Å². The van der Waals surface area contributed by atoms with Gasteiger partial charge in [0.15, 0.2) is 0 Å². The zero-order valence-electron chi connectivity index (χ0n) is 11.3. The third kappa shape index (κ3) is 2.64. The molecule has 0 bridgehead atoms. The summed E-state index contributed by atoms with van der Waals surface area (Å²) in [5, 5.41) is 19.1. The van der Waals surface area contributed by atoms with Crippen LogP contribution in [-0.2, 0) is 13.2 Å². The van der Waals surface area contributed by atoms with E-state index in [1.165, 1.54) is 12.1 Å². The summed E-state index contributed by atoms with van der Waals surface area (Å²) in [5.74, 6) is -0.400. The van der Waals surface area contributed by atoms with Crippen LogP contribution in [0.5, 0.6) is 0 Å². The Morgan fingerprint density at radius 1 is 1.10 bits per heavy atom. The van der Waals surface area contributed by atoms with Crippen LogP contribution in [0, 0.1) is 17.1 Å². The largest absolute Gasteiger partial charge is 0.392 e. The number of hydrogen-bond donors (Lipinski definition) is 1. The van der Waals surface area contributed by atoms with Crippen molar-refractivity contribution < 1.29 is 9.50 Å². The van der Waals surface area contributed by atoms with Gasteiger partial charge in [-0.15, -0.1) is 0 Å². The second-order valence-corrected chi connectivity index (χ2v) is 4.95. The molecule has 4 heteroatoms. The Bertz CT molecular complexity index is 846. The molecule has 0 amide bonds. The first-order chi connectivity index (χ1) is 10.2. The average Bonchev–Trinajstić information content (AvgIpc) is 2.88. The van der Waals surface area contributed by atoms with Crippen molar-refractivity contribution in [1.82, 2.24) is 4.57 Å². The molecule has 0 aliphatic heterocycles. The molecule has 1 aromatic heterocycles. The summed E-state index contributed by atoms with van der Waals surface area (Å²) in [6.45, 7) is 0.505. The summed E-state index contributed by atoms with van der Waals surface area (Å²) >= 11 is 0. The van der Waals surface area contributed by atoms with Crippen LogP contribution in [0.4, 0.5) is 4.39 Å². The number of hydrogen-bond acceptors (Lipinski definition) is 2. The normalized spacial score (nSPS) is 10.7. The van der Waals surface area contributed by atoms with E-state index >= 15 is 0 Å². The maximum Gasteiger partial charge on any atom is 0.124 e. The minimum atomic E-state index is -0.400. The van der Waals surface area contributed by atoms with Gasteiger partial charge in [0, 0.05) is 18.3 Å². The van der Waals surface area contributed by atoms with Crippen LogP contribution in [0.2, 0.25) is 0 Å². The first-order valence-corrected chi connectivity index (χ1v) is 6.58. The van der Waals surface area contributed by atoms with E-state index in [1.54, 1.807) is 6.07 Å². The lowest BCUT2D eigenvalue weighted by molar-refractivity contribution is 0.282. The number of rotatable bonds is 3. The second-order valence-electron chi connectivity index (χ2n) is 4.95. The molecule has 2 aromatic carbocycles. The maximum absolute atomic E-state index is 13.5. The van der Waals surface area contributed by atoms with E-state index in [-0.39, 0.29) is 6.61 Å². The van der Waals surface area contributed by atoms with E-state index in [2.05, 4.69) is 0 Å². The molecule has 0 atom stereocenters. The lowest BCUT2D eigenvalue weighted by Crippen LogP contribution is -1.99. The van der Waals surface area contributed by atoms with Gasteiger partial charge in [0.2, 0.25) is 0 Å². The van der Waals surface area contributed by atoms with Crippen molar-refractivity contribution in [1.29, 1.82) is 5.26 Å². The zero-order valence-corrected chi connectivity index (χ0v) is 11.3. The van der Waals surface area contributed by atoms with Crippen molar-refractivity contribution in [3.05, 3.63) is 71.2 Å². The number of benzene rings is 2. The van der Waals surface area contributed by atoms with E-state index in [0.29, 0.717) is 12.1 Å². The minimum Gasteiger partial charge on any atom is -0.392 e. The number of aliphatic hydroxyl groups is 1. The highest BCUT2D eigenvalue weighted by Gasteiger charge is 2.05. The molecule has 0 fully saturated rings. The number of halogens is 1. The van der Waals surface area contributed by atoms with Crippen LogP contribution in [0.3, 0.4) is 0 Å². The monoisotopic (exact) mass is 280 g/mol. The Morgan fingerprint density at radius 2 is 1.95 bits per heavy atom. The van der Waals surface area contributed by atoms with E-state index in [1.807, 2.05) is 41.1 Å². The van der Waals surface area contributed by atoms with E-state index in [4.69, 9.17) is 10.4 Å². The predicted molar refractivity (Wildman–Crippen MR) is 78.1 cm³/mol. The van der Waals surface area contributed by atoms with Gasteiger partial charge in [-0.1, -0.05) is 6.07 Å². The summed E-state index contributed by atoms with van der Waals surface area (Å²) in [5.41, 5.74) is 2.94. The van der Waals surface area contributed by atoms with Gasteiger partial charge in [0.25, 0.3) is 0 Å². The number of nitrogens with zero attached hydrogens (tertiary/aromatic N) is 2. The predicted octanol–water partition coefficient (Wildman–Crippen LogP) is 3.19. The molecule has 0 spiro atoms. The van der Waals surface area contributed by atoms with Crippen LogP contribution in [0.15, 0.2) is 48.7 Å². The molecular formula is C17H13FN2O. The minimum absolute atomic E-state index is 0.0105. The van der Waals surface area contributed by atoms with Crippen molar-refractivity contribution >= 4 is 10.9 Å². The molecule has 1 heterocycles. The van der Waals surface area contributed by atoms with Crippen molar-refractivity contribution in [2.24, 2.45) is 0 Å². The van der Waals surface area contributed by atoms with Gasteiger partial charge in [0.05, 0.1) is 18.2 Å². The summed E-state index contributed by atoms with van der Waals surface area (Å²) in [6, 6.07) is 14.0. The standard InChI is InChI=1S/C17H13FN2O/c18-16-7-13(9-19)5-14(8-16)10-20-4-3-15-6-12(11-21)1-2-17(15)20/h1-8,21H,10-11H2. The van der Waals surface area contributed by atoms with Crippen LogP contribution in [-0.4, -0.2) is 9.67 Å². The van der Waals surface area contributed by atoms with Crippen LogP contribution < -0.4 is 0 Å². The third-order valence-corrected chi connectivity index (χ3v) is 3.46. The Labute approximate surface area is 121 Å². The highest BCUT2D eigenvalue weighted by Crippen LogP contribution is 2.20. The summed E-state index contributed by atoms with van der Waals surface area (Å²) in [4.78, 5) is 0. The Balaban J connectivity index is 1.99. The molecule has 0 saturated heterocycles. The first kappa shape index (κ1) is 13.3. The fraction of sp³-hybridized carbons (Fsp3) is 0.118. The van der Waals surface area contributed by atoms with Gasteiger partial charge in [-0.2, -0.15) is 5.26 Å². The fourth-order valence-electron chi connectivity index (χ4n) is 2.49. The molecule has 3 nitrogen and oxygen atoms in total. The molecule has 0 radical (unpaired) electrons. The smallest absolute Gasteiger partial charge is 0.124 e. The van der Waals surface area contributed by atoms with Crippen LogP contribution in [0.1, 0.15) is 16.7 Å². The van der Waals surface area contributed by atoms with Crippen molar-refractivity contribution in [3.63, 3.8) is 0 Å². The van der Waals surface area contributed by atoms with Crippen molar-refractivity contribution in [3.8, 4) is 6.07 Å². The summed E-state index contributed by atoms with van der Waals surface area (Å²) in [7, 11) is 0. The SMILES string of the molecule is N#Cc1cc(F)cc(Cn2ccc3cc(CO)ccc32)c1. The Hall–Kier alpha value is -2.64. The molecule has 3 rings (SSSR count). The van der Waals surface area contributed by atoms with Crippen molar-refractivity contribution in [2.75, 3.05) is 0 Å². The Kier molecular flexibility index (Phi) is 3.43. The molecular weight excluding hydrogens is 267 g/mol. The van der Waals surface area contributed by atoms with E-state index in [0.717, 1.165) is 22.0 Å². The highest BCUT2D eigenvalue weighted by atomic mass is 19.1. The zero-order chi connectivity index (χ0) is 14.8. The fourth-order valence-corrected chi connectivity index (χ4v) is 2.49. The average molecular weight is 280 g/mol. The quantitative estimate of drug-likeness (QED) is 0.801. The number of aromatic nitrogens is 1. The van der Waals surface area contributed by atoms with Crippen LogP contribution >= 0.6 is 0 Å². The molecule has 0 saturated carbocycles. The first-order valence-electron chi connectivity index (χ1n) is 6.58. The lowest BCUT2D eigenvalue weighted by atomic mass is 10.1. The molecule has 21 heavy (non-hydrogen) atoms.